The number of nitrogens with zero attached hydrogens (tertiary/aromatic N) is 5. The highest BCUT2D eigenvalue weighted by Gasteiger charge is 2.18. The summed E-state index contributed by atoms with van der Waals surface area (Å²) in [4.78, 5) is 33.5. The molecule has 13 heteroatoms. The molecule has 0 aliphatic carbocycles. The smallest absolute Gasteiger partial charge is 0.226 e. The molecule has 1 aromatic carbocycles. The van der Waals surface area contributed by atoms with Crippen molar-refractivity contribution >= 4 is 43.4 Å². The molecule has 0 radical (unpaired) electrons. The number of benzene rings is 1. The number of aromatic nitrogens is 7. The van der Waals surface area contributed by atoms with Gasteiger partial charge in [-0.3, -0.25) is 24.8 Å². The number of amides is 1. The van der Waals surface area contributed by atoms with Crippen LogP contribution in [0.3, 0.4) is 0 Å². The van der Waals surface area contributed by atoms with E-state index in [-0.39, 0.29) is 24.0 Å². The number of hydrogen-bond acceptors (Lipinski definition) is 8. The number of anilines is 1. The summed E-state index contributed by atoms with van der Waals surface area (Å²) in [7, 11) is -3.21. The number of aromatic amines is 2. The van der Waals surface area contributed by atoms with E-state index < -0.39 is 15.7 Å². The third kappa shape index (κ3) is 5.97. The van der Waals surface area contributed by atoms with Crippen molar-refractivity contribution in [3.05, 3.63) is 72.6 Å². The Kier molecular flexibility index (Phi) is 7.18. The van der Waals surface area contributed by atoms with Crippen LogP contribution in [0, 0.1) is 11.7 Å². The first kappa shape index (κ1) is 28.1. The van der Waals surface area contributed by atoms with E-state index in [0.29, 0.717) is 61.8 Å². The number of hydrogen-bond donors (Lipinski definition) is 3. The van der Waals surface area contributed by atoms with Crippen LogP contribution in [0.4, 0.5) is 10.1 Å². The standard InChI is InChI=1S/C30H27FN8O3S/c1-16(2)30(40)35-21-11-19(13-32-14-21)24-12-22-25(15-34-24)38-39-27(22)29-36-23-4-6-33-26(28(23)37-29)18-8-17(9-20(31)10-18)5-7-43(3,41)42/h4,6,8-16H,5,7H2,1-3H3,(H,35,40)(H,36,37)(H,38,39). The molecule has 5 aromatic heterocycles. The second-order valence-corrected chi connectivity index (χ2v) is 12.9. The lowest BCUT2D eigenvalue weighted by Crippen LogP contribution is -2.17. The summed E-state index contributed by atoms with van der Waals surface area (Å²) in [5.74, 6) is -0.389. The molecule has 0 unspecified atom stereocenters. The first-order valence-corrected chi connectivity index (χ1v) is 15.5. The topological polar surface area (TPSA) is 159 Å². The molecule has 43 heavy (non-hydrogen) atoms. The van der Waals surface area contributed by atoms with E-state index in [4.69, 9.17) is 4.98 Å². The summed E-state index contributed by atoms with van der Waals surface area (Å²) in [5, 5.41) is 11.1. The quantitative estimate of drug-likeness (QED) is 0.222. The second kappa shape index (κ2) is 11.0. The van der Waals surface area contributed by atoms with Crippen molar-refractivity contribution < 1.29 is 17.6 Å². The number of halogens is 1. The van der Waals surface area contributed by atoms with E-state index in [0.717, 1.165) is 11.6 Å². The molecular weight excluding hydrogens is 571 g/mol. The van der Waals surface area contributed by atoms with E-state index in [2.05, 4.69) is 35.5 Å². The van der Waals surface area contributed by atoms with Crippen LogP contribution in [0.15, 0.2) is 61.2 Å². The fourth-order valence-corrected chi connectivity index (χ4v) is 5.29. The van der Waals surface area contributed by atoms with Gasteiger partial charge >= 0.3 is 0 Å². The third-order valence-electron chi connectivity index (χ3n) is 6.89. The van der Waals surface area contributed by atoms with Gasteiger partial charge in [-0.25, -0.2) is 17.8 Å². The van der Waals surface area contributed by atoms with Crippen LogP contribution in [0.25, 0.3) is 56.0 Å². The second-order valence-electron chi connectivity index (χ2n) is 10.7. The summed E-state index contributed by atoms with van der Waals surface area (Å²) < 4.78 is 37.9. The summed E-state index contributed by atoms with van der Waals surface area (Å²) >= 11 is 0. The molecular formula is C30H27FN8O3S. The largest absolute Gasteiger partial charge is 0.336 e. The van der Waals surface area contributed by atoms with E-state index in [1.54, 1.807) is 36.9 Å². The van der Waals surface area contributed by atoms with Gasteiger partial charge in [0.25, 0.3) is 0 Å². The molecule has 0 saturated heterocycles. The number of H-pyrrole nitrogens is 2. The number of sulfone groups is 1. The highest BCUT2D eigenvalue weighted by atomic mass is 32.2. The van der Waals surface area contributed by atoms with Crippen LogP contribution in [0.2, 0.25) is 0 Å². The predicted octanol–water partition coefficient (Wildman–Crippen LogP) is 4.95. The molecule has 0 aliphatic rings. The molecule has 0 fully saturated rings. The Morgan fingerprint density at radius 2 is 1.84 bits per heavy atom. The summed E-state index contributed by atoms with van der Waals surface area (Å²) in [5.41, 5.74) is 5.83. The van der Waals surface area contributed by atoms with Gasteiger partial charge in [0.05, 0.1) is 46.3 Å². The maximum atomic E-state index is 14.6. The average Bonchev–Trinajstić information content (AvgIpc) is 3.59. The van der Waals surface area contributed by atoms with Crippen LogP contribution in [-0.2, 0) is 21.1 Å². The van der Waals surface area contributed by atoms with E-state index in [9.17, 15) is 17.6 Å². The Hall–Kier alpha value is -5.04. The Morgan fingerprint density at radius 3 is 2.63 bits per heavy atom. The lowest BCUT2D eigenvalue weighted by molar-refractivity contribution is -0.118. The minimum atomic E-state index is -3.21. The molecule has 5 heterocycles. The summed E-state index contributed by atoms with van der Waals surface area (Å²) in [6.07, 6.45) is 7.86. The van der Waals surface area contributed by atoms with E-state index in [1.807, 2.05) is 26.0 Å². The zero-order valence-corrected chi connectivity index (χ0v) is 24.3. The molecule has 0 atom stereocenters. The van der Waals surface area contributed by atoms with Gasteiger partial charge in [0, 0.05) is 41.1 Å². The van der Waals surface area contributed by atoms with Gasteiger partial charge in [0.2, 0.25) is 5.91 Å². The first-order chi connectivity index (χ1) is 20.5. The van der Waals surface area contributed by atoms with Crippen molar-refractivity contribution in [3.63, 3.8) is 0 Å². The number of carbonyl (C=O) groups is 1. The van der Waals surface area contributed by atoms with Crippen molar-refractivity contribution in [1.29, 1.82) is 0 Å². The third-order valence-corrected chi connectivity index (χ3v) is 7.84. The van der Waals surface area contributed by atoms with Gasteiger partial charge in [0.15, 0.2) is 5.82 Å². The highest BCUT2D eigenvalue weighted by Crippen LogP contribution is 2.32. The average molecular weight is 599 g/mol. The minimum absolute atomic E-state index is 0.0872. The minimum Gasteiger partial charge on any atom is -0.336 e. The van der Waals surface area contributed by atoms with Crippen LogP contribution in [0.5, 0.6) is 0 Å². The molecule has 0 aliphatic heterocycles. The lowest BCUT2D eigenvalue weighted by Gasteiger charge is -2.08. The molecule has 0 spiro atoms. The Morgan fingerprint density at radius 1 is 1.00 bits per heavy atom. The van der Waals surface area contributed by atoms with Crippen molar-refractivity contribution in [1.82, 2.24) is 35.1 Å². The molecule has 0 bridgehead atoms. The number of imidazole rings is 1. The number of fused-ring (bicyclic) bond motifs is 2. The molecule has 6 rings (SSSR count). The number of nitrogens with one attached hydrogen (secondary N) is 3. The van der Waals surface area contributed by atoms with Crippen LogP contribution < -0.4 is 5.32 Å². The van der Waals surface area contributed by atoms with Gasteiger partial charge in [-0.05, 0) is 48.4 Å². The van der Waals surface area contributed by atoms with Crippen molar-refractivity contribution in [2.24, 2.45) is 5.92 Å². The van der Waals surface area contributed by atoms with Crippen LogP contribution >= 0.6 is 0 Å². The summed E-state index contributed by atoms with van der Waals surface area (Å²) in [6, 6.07) is 9.86. The van der Waals surface area contributed by atoms with E-state index >= 15 is 0 Å². The fraction of sp³-hybridized carbons (Fsp3) is 0.200. The maximum absolute atomic E-state index is 14.6. The number of carbonyl (C=O) groups excluding carboxylic acids is 1. The van der Waals surface area contributed by atoms with Crippen molar-refractivity contribution in [2.45, 2.75) is 20.3 Å². The zero-order valence-electron chi connectivity index (χ0n) is 23.5. The molecule has 3 N–H and O–H groups in total. The molecule has 218 valence electrons. The van der Waals surface area contributed by atoms with Gasteiger partial charge in [-0.2, -0.15) is 5.10 Å². The predicted molar refractivity (Wildman–Crippen MR) is 162 cm³/mol. The Bertz CT molecular complexity index is 2120. The van der Waals surface area contributed by atoms with Crippen molar-refractivity contribution in [2.75, 3.05) is 17.3 Å². The lowest BCUT2D eigenvalue weighted by atomic mass is 10.0. The van der Waals surface area contributed by atoms with Crippen LogP contribution in [0.1, 0.15) is 19.4 Å². The molecule has 0 saturated carbocycles. The molecule has 11 nitrogen and oxygen atoms in total. The van der Waals surface area contributed by atoms with Crippen LogP contribution in [-0.4, -0.2) is 61.5 Å². The number of rotatable bonds is 8. The maximum Gasteiger partial charge on any atom is 0.226 e. The molecule has 6 aromatic rings. The Labute approximate surface area is 246 Å². The highest BCUT2D eigenvalue weighted by molar-refractivity contribution is 7.90. The SMILES string of the molecule is CC(C)C(=O)Nc1cncc(-c2cc3c(-c4nc5c(-c6cc(F)cc(CCS(C)(=O)=O)c6)nccc5[nH]4)n[nH]c3cn2)c1. The number of aryl methyl sites for hydroxylation is 1. The fourth-order valence-electron chi connectivity index (χ4n) is 4.68. The zero-order chi connectivity index (χ0) is 30.3. The normalized spacial score (nSPS) is 11.9. The summed E-state index contributed by atoms with van der Waals surface area (Å²) in [6.45, 7) is 3.63. The van der Waals surface area contributed by atoms with Gasteiger partial charge < -0.3 is 10.3 Å². The van der Waals surface area contributed by atoms with E-state index in [1.165, 1.54) is 12.1 Å². The first-order valence-electron chi connectivity index (χ1n) is 13.5. The number of pyridine rings is 3. The Balaban J connectivity index is 1.38. The molecule has 1 amide bonds. The van der Waals surface area contributed by atoms with Crippen molar-refractivity contribution in [3.8, 4) is 34.0 Å². The van der Waals surface area contributed by atoms with Gasteiger partial charge in [0.1, 0.15) is 26.9 Å². The van der Waals surface area contributed by atoms with Gasteiger partial charge in [-0.1, -0.05) is 13.8 Å². The monoisotopic (exact) mass is 598 g/mol. The van der Waals surface area contributed by atoms with Gasteiger partial charge in [-0.15, -0.1) is 0 Å².